The number of thiocarbonyl (C=S) groups is 1. The summed E-state index contributed by atoms with van der Waals surface area (Å²) in [4.78, 5) is 30.4. The van der Waals surface area contributed by atoms with E-state index in [-0.39, 0.29) is 23.7 Å². The van der Waals surface area contributed by atoms with E-state index in [0.29, 0.717) is 11.5 Å². The van der Waals surface area contributed by atoms with Crippen LogP contribution in [0.5, 0.6) is 0 Å². The van der Waals surface area contributed by atoms with Gasteiger partial charge in [-0.3, -0.25) is 19.8 Å². The van der Waals surface area contributed by atoms with E-state index in [9.17, 15) is 14.9 Å². The van der Waals surface area contributed by atoms with Gasteiger partial charge in [0.25, 0.3) is 11.6 Å². The van der Waals surface area contributed by atoms with Crippen LogP contribution in [0.3, 0.4) is 0 Å². The number of aromatic nitrogens is 1. The van der Waals surface area contributed by atoms with Crippen LogP contribution in [0.4, 0.5) is 5.69 Å². The number of nitro groups is 1. The Morgan fingerprint density at radius 3 is 2.61 bits per heavy atom. The highest BCUT2D eigenvalue weighted by molar-refractivity contribution is 7.80. The van der Waals surface area contributed by atoms with Gasteiger partial charge in [-0.15, -0.1) is 0 Å². The van der Waals surface area contributed by atoms with Crippen molar-refractivity contribution in [2.75, 3.05) is 7.05 Å². The molecule has 3 aromatic rings. The van der Waals surface area contributed by atoms with Gasteiger partial charge in [0.05, 0.1) is 11.0 Å². The van der Waals surface area contributed by atoms with Crippen molar-refractivity contribution >= 4 is 39.8 Å². The average Bonchev–Trinajstić information content (AvgIpc) is 3.18. The smallest absolute Gasteiger partial charge is 0.269 e. The lowest BCUT2D eigenvalue weighted by molar-refractivity contribution is -0.384. The lowest BCUT2D eigenvalue weighted by Crippen LogP contribution is -2.44. The van der Waals surface area contributed by atoms with Gasteiger partial charge in [0.2, 0.25) is 0 Å². The van der Waals surface area contributed by atoms with Gasteiger partial charge >= 0.3 is 0 Å². The van der Waals surface area contributed by atoms with Gasteiger partial charge in [-0.1, -0.05) is 18.2 Å². The second-order valence-electron chi connectivity index (χ2n) is 7.12. The number of rotatable bonds is 2. The van der Waals surface area contributed by atoms with Gasteiger partial charge in [-0.2, -0.15) is 0 Å². The first-order valence-corrected chi connectivity index (χ1v) is 9.32. The molecule has 2 aliphatic rings. The number of nitro benzene ring substituents is 1. The average molecular weight is 392 g/mol. The van der Waals surface area contributed by atoms with E-state index in [2.05, 4.69) is 11.1 Å². The van der Waals surface area contributed by atoms with Crippen LogP contribution < -0.4 is 0 Å². The number of hydrogen-bond acceptors (Lipinski definition) is 4. The van der Waals surface area contributed by atoms with E-state index in [1.54, 1.807) is 19.2 Å². The van der Waals surface area contributed by atoms with Crippen molar-refractivity contribution < 1.29 is 9.72 Å². The van der Waals surface area contributed by atoms with Crippen LogP contribution in [0.15, 0.2) is 48.5 Å². The molecule has 5 rings (SSSR count). The third-order valence-corrected chi connectivity index (χ3v) is 6.16. The number of hydrogen-bond donors (Lipinski definition) is 1. The number of fused-ring (bicyclic) bond motifs is 4. The Hall–Kier alpha value is -3.26. The van der Waals surface area contributed by atoms with Crippen molar-refractivity contribution in [3.8, 4) is 0 Å². The molecule has 0 unspecified atom stereocenters. The number of nitrogens with one attached hydrogen (secondary N) is 1. The van der Waals surface area contributed by atoms with Gasteiger partial charge in [-0.05, 0) is 41.5 Å². The molecule has 1 fully saturated rings. The maximum absolute atomic E-state index is 12.8. The first-order chi connectivity index (χ1) is 13.5. The molecule has 0 radical (unpaired) electrons. The summed E-state index contributed by atoms with van der Waals surface area (Å²) >= 11 is 5.58. The number of para-hydroxylation sites is 1. The normalized spacial score (nSPS) is 21.2. The largest absolute Gasteiger partial charge is 0.356 e. The molecule has 2 atom stereocenters. The summed E-state index contributed by atoms with van der Waals surface area (Å²) in [5, 5.41) is 12.6. The van der Waals surface area contributed by atoms with Crippen LogP contribution >= 0.6 is 12.2 Å². The number of benzene rings is 2. The number of nitrogens with zero attached hydrogens (tertiary/aromatic N) is 3. The molecule has 28 heavy (non-hydrogen) atoms. The minimum absolute atomic E-state index is 0.0205. The first kappa shape index (κ1) is 16.9. The number of likely N-dealkylation sites (N-methyl/N-ethyl adjacent to an activating group) is 1. The lowest BCUT2D eigenvalue weighted by Gasteiger charge is -2.37. The Morgan fingerprint density at radius 2 is 1.89 bits per heavy atom. The third-order valence-electron chi connectivity index (χ3n) is 5.67. The fraction of sp³-hybridized carbons (Fsp3) is 0.200. The maximum atomic E-state index is 12.8. The molecule has 2 aliphatic heterocycles. The molecule has 8 heteroatoms. The SMILES string of the molecule is CN1C(=O)[C@H]2Cc3c([nH]c4ccccc34)[C@@H](c3ccc([N+](=O)[O-])cc3)N2C1=S. The van der Waals surface area contributed by atoms with E-state index in [1.807, 2.05) is 23.1 Å². The highest BCUT2D eigenvalue weighted by atomic mass is 32.1. The zero-order chi connectivity index (χ0) is 19.6. The van der Waals surface area contributed by atoms with Gasteiger partial charge in [-0.25, -0.2) is 0 Å². The molecule has 3 heterocycles. The molecule has 0 bridgehead atoms. The maximum Gasteiger partial charge on any atom is 0.269 e. The van der Waals surface area contributed by atoms with Crippen LogP contribution in [0.25, 0.3) is 10.9 Å². The molecule has 1 amide bonds. The standard InChI is InChI=1S/C20H16N4O3S/c1-22-19(25)16-10-14-13-4-2-3-5-15(13)21-17(14)18(23(16)20(22)28)11-6-8-12(9-7-11)24(26)27/h2-9,16,18,21H,10H2,1H3/t16-,18-/m1/s1. The van der Waals surface area contributed by atoms with E-state index in [4.69, 9.17) is 12.2 Å². The molecular formula is C20H16N4O3S. The number of carbonyl (C=O) groups is 1. The Bertz CT molecular complexity index is 1150. The molecule has 0 saturated carbocycles. The van der Waals surface area contributed by atoms with Gasteiger partial charge in [0.15, 0.2) is 5.11 Å². The minimum Gasteiger partial charge on any atom is -0.356 e. The molecule has 1 N–H and O–H groups in total. The van der Waals surface area contributed by atoms with Crippen LogP contribution in [-0.2, 0) is 11.2 Å². The zero-order valence-electron chi connectivity index (χ0n) is 15.0. The van der Waals surface area contributed by atoms with Crippen LogP contribution in [0.2, 0.25) is 0 Å². The highest BCUT2D eigenvalue weighted by Crippen LogP contribution is 2.43. The molecule has 1 saturated heterocycles. The summed E-state index contributed by atoms with van der Waals surface area (Å²) < 4.78 is 0. The van der Waals surface area contributed by atoms with Crippen molar-refractivity contribution in [1.29, 1.82) is 0 Å². The lowest BCUT2D eigenvalue weighted by atomic mass is 9.89. The molecule has 1 aromatic heterocycles. The van der Waals surface area contributed by atoms with Crippen molar-refractivity contribution in [2.45, 2.75) is 18.5 Å². The summed E-state index contributed by atoms with van der Waals surface area (Å²) in [5.41, 5.74) is 3.98. The monoisotopic (exact) mass is 392 g/mol. The molecule has 140 valence electrons. The Morgan fingerprint density at radius 1 is 1.18 bits per heavy atom. The number of carbonyl (C=O) groups excluding carboxylic acids is 1. The summed E-state index contributed by atoms with van der Waals surface area (Å²) in [7, 11) is 1.70. The fourth-order valence-electron chi connectivity index (χ4n) is 4.33. The van der Waals surface area contributed by atoms with E-state index in [1.165, 1.54) is 17.0 Å². The van der Waals surface area contributed by atoms with Gasteiger partial charge in [0, 0.05) is 42.2 Å². The van der Waals surface area contributed by atoms with Crippen molar-refractivity contribution in [2.24, 2.45) is 0 Å². The number of amides is 1. The summed E-state index contributed by atoms with van der Waals surface area (Å²) in [6.45, 7) is 0. The number of aromatic amines is 1. The number of non-ortho nitro benzene ring substituents is 1. The molecule has 2 aromatic carbocycles. The number of H-pyrrole nitrogens is 1. The zero-order valence-corrected chi connectivity index (χ0v) is 15.8. The summed E-state index contributed by atoms with van der Waals surface area (Å²) in [6, 6.07) is 13.8. The fourth-order valence-corrected chi connectivity index (χ4v) is 4.65. The second kappa shape index (κ2) is 5.87. The molecule has 0 spiro atoms. The van der Waals surface area contributed by atoms with Crippen molar-refractivity contribution in [3.63, 3.8) is 0 Å². The third kappa shape index (κ3) is 2.21. The predicted molar refractivity (Wildman–Crippen MR) is 108 cm³/mol. The van der Waals surface area contributed by atoms with Crippen molar-refractivity contribution in [3.05, 3.63) is 75.5 Å². The Labute approximate surface area is 165 Å². The van der Waals surface area contributed by atoms with Crippen LogP contribution in [0.1, 0.15) is 22.9 Å². The van der Waals surface area contributed by atoms with Crippen molar-refractivity contribution in [1.82, 2.24) is 14.8 Å². The molecule has 7 nitrogen and oxygen atoms in total. The highest BCUT2D eigenvalue weighted by Gasteiger charge is 2.49. The van der Waals surface area contributed by atoms with E-state index < -0.39 is 4.92 Å². The second-order valence-corrected chi connectivity index (χ2v) is 7.49. The Balaban J connectivity index is 1.73. The van der Waals surface area contributed by atoms with Crippen LogP contribution in [-0.4, -0.2) is 43.8 Å². The summed E-state index contributed by atoms with van der Waals surface area (Å²) in [6.07, 6.45) is 0.576. The van der Waals surface area contributed by atoms with Crippen LogP contribution in [0, 0.1) is 10.1 Å². The first-order valence-electron chi connectivity index (χ1n) is 8.91. The predicted octanol–water partition coefficient (Wildman–Crippen LogP) is 3.15. The van der Waals surface area contributed by atoms with E-state index in [0.717, 1.165) is 27.7 Å². The van der Waals surface area contributed by atoms with Gasteiger partial charge < -0.3 is 9.88 Å². The Kier molecular flexibility index (Phi) is 3.54. The van der Waals surface area contributed by atoms with E-state index >= 15 is 0 Å². The quantitative estimate of drug-likeness (QED) is 0.412. The topological polar surface area (TPSA) is 82.5 Å². The van der Waals surface area contributed by atoms with Gasteiger partial charge in [0.1, 0.15) is 6.04 Å². The molecule has 0 aliphatic carbocycles. The minimum atomic E-state index is -0.417. The molecular weight excluding hydrogens is 376 g/mol. The summed E-state index contributed by atoms with van der Waals surface area (Å²) in [5.74, 6) is -0.0205.